The number of halogens is 4. The van der Waals surface area contributed by atoms with Crippen LogP contribution in [-0.4, -0.2) is 0 Å². The normalized spacial score (nSPS) is 11.4. The molecule has 0 N–H and O–H groups in total. The Morgan fingerprint density at radius 3 is 1.03 bits per heavy atom. The maximum Gasteiger partial charge on any atom is 0.166 e. The molecular weight excluding hydrogens is 729 g/mol. The van der Waals surface area contributed by atoms with E-state index in [0.29, 0.717) is 22.5 Å². The molecule has 0 saturated carbocycles. The summed E-state index contributed by atoms with van der Waals surface area (Å²) < 4.78 is 62.4. The molecule has 58 heavy (non-hydrogen) atoms. The van der Waals surface area contributed by atoms with Crippen LogP contribution < -0.4 is 9.80 Å². The van der Waals surface area contributed by atoms with Gasteiger partial charge in [0, 0.05) is 56.8 Å². The SMILES string of the molecule is Fc1cc(N(c2ccccc2)c2ccc3ccc4c(N(c5ccccc5)c5cc(F)c(F)c(-c6ccccc6)c5)ccc5ccc2c3c54)cc(-c2ccccc2)c1F. The number of hydrogen-bond acceptors (Lipinski definition) is 2. The van der Waals surface area contributed by atoms with Gasteiger partial charge in [-0.2, -0.15) is 0 Å². The van der Waals surface area contributed by atoms with Crippen LogP contribution in [0.1, 0.15) is 0 Å². The Hall–Kier alpha value is -7.44. The average molecular weight is 761 g/mol. The van der Waals surface area contributed by atoms with Crippen molar-refractivity contribution in [1.82, 2.24) is 0 Å². The highest BCUT2D eigenvalue weighted by Crippen LogP contribution is 2.48. The monoisotopic (exact) mass is 760 g/mol. The Morgan fingerprint density at radius 1 is 0.310 bits per heavy atom. The third kappa shape index (κ3) is 5.89. The summed E-state index contributed by atoms with van der Waals surface area (Å²) in [6, 6.07) is 59.6. The maximum atomic E-state index is 15.7. The molecule has 0 unspecified atom stereocenters. The van der Waals surface area contributed by atoms with E-state index in [0.717, 1.165) is 55.1 Å². The standard InChI is InChI=1S/C52H32F4N2/c53-45-31-39(29-43(51(45)55)33-13-5-1-6-14-33)57(37-17-9-3-10-18-37)47-27-23-35-22-26-42-48(28-24-36-21-25-41(47)49(35)50(36)42)58(38-19-11-4-12-20-38)40-30-44(52(56)46(54)32-40)34-15-7-2-8-16-34/h1-32H. The highest BCUT2D eigenvalue weighted by molar-refractivity contribution is 6.28. The summed E-state index contributed by atoms with van der Waals surface area (Å²) in [6.07, 6.45) is 0. The largest absolute Gasteiger partial charge is 0.310 e. The summed E-state index contributed by atoms with van der Waals surface area (Å²) in [5.74, 6) is -3.72. The molecule has 0 aliphatic carbocycles. The third-order valence-corrected chi connectivity index (χ3v) is 10.8. The predicted molar refractivity (Wildman–Crippen MR) is 230 cm³/mol. The molecule has 0 bridgehead atoms. The van der Waals surface area contributed by atoms with Gasteiger partial charge in [0.1, 0.15) is 0 Å². The molecule has 10 aromatic rings. The smallest absolute Gasteiger partial charge is 0.166 e. The minimum atomic E-state index is -0.951. The molecule has 0 radical (unpaired) electrons. The quantitative estimate of drug-likeness (QED) is 0.112. The lowest BCUT2D eigenvalue weighted by Gasteiger charge is -2.30. The summed E-state index contributed by atoms with van der Waals surface area (Å²) in [7, 11) is 0. The molecule has 278 valence electrons. The number of nitrogens with zero attached hydrogens (tertiary/aromatic N) is 2. The number of para-hydroxylation sites is 2. The van der Waals surface area contributed by atoms with E-state index in [1.165, 1.54) is 12.1 Å². The topological polar surface area (TPSA) is 6.48 Å². The van der Waals surface area contributed by atoms with E-state index >= 15 is 17.6 Å². The molecule has 0 spiro atoms. The van der Waals surface area contributed by atoms with Crippen LogP contribution in [0.4, 0.5) is 51.7 Å². The van der Waals surface area contributed by atoms with Crippen LogP contribution in [0.15, 0.2) is 194 Å². The number of rotatable bonds is 8. The van der Waals surface area contributed by atoms with Gasteiger partial charge in [-0.25, -0.2) is 17.6 Å². The molecule has 0 atom stereocenters. The van der Waals surface area contributed by atoms with Crippen molar-refractivity contribution >= 4 is 66.4 Å². The van der Waals surface area contributed by atoms with Crippen LogP contribution in [0.3, 0.4) is 0 Å². The Morgan fingerprint density at radius 2 is 0.655 bits per heavy atom. The fourth-order valence-corrected chi connectivity index (χ4v) is 8.23. The second-order valence-corrected chi connectivity index (χ2v) is 14.2. The molecule has 0 aliphatic rings. The van der Waals surface area contributed by atoms with E-state index in [1.54, 1.807) is 60.7 Å². The van der Waals surface area contributed by atoms with Gasteiger partial charge in [-0.1, -0.05) is 133 Å². The summed E-state index contributed by atoms with van der Waals surface area (Å²) in [5.41, 5.74) is 5.46. The zero-order valence-electron chi connectivity index (χ0n) is 30.9. The van der Waals surface area contributed by atoms with E-state index in [9.17, 15) is 0 Å². The third-order valence-electron chi connectivity index (χ3n) is 10.8. The molecular formula is C52H32F4N2. The van der Waals surface area contributed by atoms with Gasteiger partial charge >= 0.3 is 0 Å². The predicted octanol–water partition coefficient (Wildman–Crippen LogP) is 15.4. The maximum absolute atomic E-state index is 15.7. The molecule has 10 aromatic carbocycles. The first-order valence-electron chi connectivity index (χ1n) is 18.9. The van der Waals surface area contributed by atoms with Gasteiger partial charge in [0.25, 0.3) is 0 Å². The van der Waals surface area contributed by atoms with Crippen molar-refractivity contribution in [1.29, 1.82) is 0 Å². The molecule has 0 aromatic heterocycles. The van der Waals surface area contributed by atoms with E-state index in [4.69, 9.17) is 0 Å². The number of benzene rings is 10. The summed E-state index contributed by atoms with van der Waals surface area (Å²) in [4.78, 5) is 3.93. The highest BCUT2D eigenvalue weighted by Gasteiger charge is 2.25. The second kappa shape index (κ2) is 14.3. The van der Waals surface area contributed by atoms with E-state index in [2.05, 4.69) is 24.3 Å². The molecule has 0 amide bonds. The van der Waals surface area contributed by atoms with Gasteiger partial charge in [0.05, 0.1) is 11.4 Å². The summed E-state index contributed by atoms with van der Waals surface area (Å²) in [6.45, 7) is 0. The lowest BCUT2D eigenvalue weighted by molar-refractivity contribution is 0.511. The van der Waals surface area contributed by atoms with Crippen molar-refractivity contribution < 1.29 is 17.6 Å². The Balaban J connectivity index is 1.22. The molecule has 0 saturated heterocycles. The Labute approximate surface area is 332 Å². The molecule has 10 rings (SSSR count). The van der Waals surface area contributed by atoms with Crippen LogP contribution in [0.25, 0.3) is 54.6 Å². The minimum Gasteiger partial charge on any atom is -0.310 e. The van der Waals surface area contributed by atoms with E-state index in [1.807, 2.05) is 107 Å². The van der Waals surface area contributed by atoms with Gasteiger partial charge in [0.15, 0.2) is 23.3 Å². The van der Waals surface area contributed by atoms with Gasteiger partial charge < -0.3 is 9.80 Å². The molecule has 0 aliphatic heterocycles. The van der Waals surface area contributed by atoms with Gasteiger partial charge in [-0.15, -0.1) is 0 Å². The Bertz CT molecular complexity index is 2890. The molecule has 2 nitrogen and oxygen atoms in total. The lowest BCUT2D eigenvalue weighted by atomic mass is 9.91. The van der Waals surface area contributed by atoms with Crippen molar-refractivity contribution in [3.05, 3.63) is 217 Å². The van der Waals surface area contributed by atoms with E-state index in [-0.39, 0.29) is 11.1 Å². The first kappa shape index (κ1) is 35.0. The van der Waals surface area contributed by atoms with Gasteiger partial charge in [-0.05, 0) is 81.2 Å². The van der Waals surface area contributed by atoms with Crippen molar-refractivity contribution in [2.24, 2.45) is 0 Å². The van der Waals surface area contributed by atoms with Gasteiger partial charge in [-0.3, -0.25) is 0 Å². The Kier molecular flexibility index (Phi) is 8.60. The fraction of sp³-hybridized carbons (Fsp3) is 0. The zero-order chi connectivity index (χ0) is 39.3. The summed E-state index contributed by atoms with van der Waals surface area (Å²) >= 11 is 0. The van der Waals surface area contributed by atoms with Crippen LogP contribution in [0.5, 0.6) is 0 Å². The zero-order valence-corrected chi connectivity index (χ0v) is 30.9. The summed E-state index contributed by atoms with van der Waals surface area (Å²) in [5, 5.41) is 5.72. The molecule has 6 heteroatoms. The molecule has 0 fully saturated rings. The first-order chi connectivity index (χ1) is 28.4. The highest BCUT2D eigenvalue weighted by atomic mass is 19.2. The van der Waals surface area contributed by atoms with Crippen molar-refractivity contribution in [2.75, 3.05) is 9.80 Å². The van der Waals surface area contributed by atoms with E-state index < -0.39 is 23.3 Å². The number of anilines is 6. The fourth-order valence-electron chi connectivity index (χ4n) is 8.23. The molecule has 0 heterocycles. The van der Waals surface area contributed by atoms with Crippen LogP contribution in [0.2, 0.25) is 0 Å². The minimum absolute atomic E-state index is 0.160. The van der Waals surface area contributed by atoms with Crippen molar-refractivity contribution in [3.63, 3.8) is 0 Å². The van der Waals surface area contributed by atoms with Crippen molar-refractivity contribution in [2.45, 2.75) is 0 Å². The average Bonchev–Trinajstić information content (AvgIpc) is 3.27. The van der Waals surface area contributed by atoms with Crippen LogP contribution >= 0.6 is 0 Å². The number of hydrogen-bond donors (Lipinski definition) is 0. The first-order valence-corrected chi connectivity index (χ1v) is 18.9. The van der Waals surface area contributed by atoms with Gasteiger partial charge in [0.2, 0.25) is 0 Å². The van der Waals surface area contributed by atoms with Crippen molar-refractivity contribution in [3.8, 4) is 22.3 Å². The van der Waals surface area contributed by atoms with Crippen LogP contribution in [0, 0.1) is 23.3 Å². The second-order valence-electron chi connectivity index (χ2n) is 14.2. The lowest BCUT2D eigenvalue weighted by Crippen LogP contribution is -2.12. The van der Waals surface area contributed by atoms with Crippen LogP contribution in [-0.2, 0) is 0 Å².